The molecule has 0 radical (unpaired) electrons. The van der Waals surface area contributed by atoms with Gasteiger partial charge in [0.2, 0.25) is 5.91 Å². The van der Waals surface area contributed by atoms with Crippen molar-refractivity contribution in [2.45, 2.75) is 31.7 Å². The molecular weight excluding hydrogens is 260 g/mol. The van der Waals surface area contributed by atoms with Crippen LogP contribution >= 0.6 is 0 Å². The maximum absolute atomic E-state index is 12.4. The van der Waals surface area contributed by atoms with Crippen LogP contribution in [0.2, 0.25) is 0 Å². The van der Waals surface area contributed by atoms with E-state index >= 15 is 0 Å². The van der Waals surface area contributed by atoms with E-state index in [9.17, 15) is 14.7 Å². The van der Waals surface area contributed by atoms with E-state index in [0.29, 0.717) is 30.7 Å². The number of benzene rings is 1. The molecule has 2 unspecified atom stereocenters. The van der Waals surface area contributed by atoms with Gasteiger partial charge in [0, 0.05) is 17.5 Å². The minimum Gasteiger partial charge on any atom is -0.496 e. The predicted octanol–water partition coefficient (Wildman–Crippen LogP) is 0.248. The van der Waals surface area contributed by atoms with E-state index in [4.69, 9.17) is 4.74 Å². The van der Waals surface area contributed by atoms with Gasteiger partial charge in [-0.05, 0) is 18.6 Å². The minimum absolute atomic E-state index is 0.126. The number of amides is 2. The van der Waals surface area contributed by atoms with Gasteiger partial charge in [-0.1, -0.05) is 6.07 Å². The Bertz CT molecular complexity index is 572. The van der Waals surface area contributed by atoms with Gasteiger partial charge in [-0.3, -0.25) is 9.59 Å². The topological polar surface area (TPSA) is 78.9 Å². The summed E-state index contributed by atoms with van der Waals surface area (Å²) in [5, 5.41) is 12.4. The van der Waals surface area contributed by atoms with Crippen molar-refractivity contribution in [3.8, 4) is 5.75 Å². The van der Waals surface area contributed by atoms with Crippen LogP contribution < -0.4 is 10.1 Å². The summed E-state index contributed by atoms with van der Waals surface area (Å²) in [6.45, 7) is 0.399. The van der Waals surface area contributed by atoms with Crippen molar-refractivity contribution in [2.24, 2.45) is 0 Å². The average Bonchev–Trinajstić information content (AvgIpc) is 2.76. The Labute approximate surface area is 116 Å². The molecule has 0 aromatic heterocycles. The summed E-state index contributed by atoms with van der Waals surface area (Å²) in [4.78, 5) is 25.3. The van der Waals surface area contributed by atoms with Crippen LogP contribution in [0.1, 0.15) is 28.8 Å². The maximum Gasteiger partial charge on any atom is 0.255 e. The second-order valence-electron chi connectivity index (χ2n) is 5.04. The zero-order valence-electron chi connectivity index (χ0n) is 11.1. The normalized spacial score (nSPS) is 25.4. The molecule has 3 rings (SSSR count). The number of rotatable bonds is 2. The zero-order chi connectivity index (χ0) is 14.3. The van der Waals surface area contributed by atoms with Gasteiger partial charge in [-0.15, -0.1) is 0 Å². The number of fused-ring (bicyclic) bond motifs is 1. The van der Waals surface area contributed by atoms with Crippen molar-refractivity contribution in [1.82, 2.24) is 10.2 Å². The molecule has 2 N–H and O–H groups in total. The average molecular weight is 276 g/mol. The fraction of sp³-hybridized carbons (Fsp3) is 0.429. The van der Waals surface area contributed by atoms with E-state index in [0.717, 1.165) is 5.56 Å². The predicted molar refractivity (Wildman–Crippen MR) is 70.0 cm³/mol. The molecule has 1 saturated heterocycles. The summed E-state index contributed by atoms with van der Waals surface area (Å²) in [6, 6.07) is 4.96. The second-order valence-corrected chi connectivity index (χ2v) is 5.04. The van der Waals surface area contributed by atoms with Gasteiger partial charge in [0.1, 0.15) is 12.0 Å². The molecular formula is C14H16N2O4. The van der Waals surface area contributed by atoms with E-state index in [-0.39, 0.29) is 11.8 Å². The monoisotopic (exact) mass is 276 g/mol. The molecule has 6 heteroatoms. The van der Waals surface area contributed by atoms with Crippen molar-refractivity contribution >= 4 is 11.8 Å². The van der Waals surface area contributed by atoms with E-state index in [1.54, 1.807) is 24.1 Å². The molecule has 1 fully saturated rings. The van der Waals surface area contributed by atoms with E-state index in [2.05, 4.69) is 5.32 Å². The molecule has 1 aromatic rings. The van der Waals surface area contributed by atoms with Crippen LogP contribution in [-0.4, -0.2) is 41.2 Å². The summed E-state index contributed by atoms with van der Waals surface area (Å²) in [6.07, 6.45) is -0.228. The van der Waals surface area contributed by atoms with Gasteiger partial charge < -0.3 is 20.1 Å². The van der Waals surface area contributed by atoms with Crippen LogP contribution in [0.25, 0.3) is 0 Å². The molecule has 2 heterocycles. The Hall–Kier alpha value is -2.08. The van der Waals surface area contributed by atoms with Crippen molar-refractivity contribution in [3.05, 3.63) is 29.3 Å². The van der Waals surface area contributed by atoms with Crippen molar-refractivity contribution in [1.29, 1.82) is 0 Å². The summed E-state index contributed by atoms with van der Waals surface area (Å²) in [5.74, 6) is 0.363. The second kappa shape index (κ2) is 4.79. The van der Waals surface area contributed by atoms with Crippen molar-refractivity contribution < 1.29 is 19.4 Å². The number of hydrogen-bond donors (Lipinski definition) is 2. The molecule has 6 nitrogen and oxygen atoms in total. The molecule has 0 aliphatic carbocycles. The van der Waals surface area contributed by atoms with Gasteiger partial charge in [0.05, 0.1) is 19.7 Å². The third-order valence-corrected chi connectivity index (χ3v) is 3.91. The summed E-state index contributed by atoms with van der Waals surface area (Å²) in [5.41, 5.74) is 1.44. The first-order chi connectivity index (χ1) is 9.61. The molecule has 2 amide bonds. The lowest BCUT2D eigenvalue weighted by Gasteiger charge is -2.35. The number of methoxy groups -OCH3 is 1. The summed E-state index contributed by atoms with van der Waals surface area (Å²) < 4.78 is 5.27. The Morgan fingerprint density at radius 3 is 2.90 bits per heavy atom. The molecule has 0 spiro atoms. The SMILES string of the molecule is COc1cccc2c1CN(C1CCC(=O)NC1O)C2=O. The highest BCUT2D eigenvalue weighted by Crippen LogP contribution is 2.33. The van der Waals surface area contributed by atoms with Crippen LogP contribution in [0.3, 0.4) is 0 Å². The number of ether oxygens (including phenoxy) is 1. The minimum atomic E-state index is -1.01. The highest BCUT2D eigenvalue weighted by atomic mass is 16.5. The highest BCUT2D eigenvalue weighted by molar-refractivity contribution is 5.99. The molecule has 2 aliphatic rings. The van der Waals surface area contributed by atoms with Gasteiger partial charge in [0.25, 0.3) is 5.91 Å². The van der Waals surface area contributed by atoms with Crippen LogP contribution in [0.15, 0.2) is 18.2 Å². The number of nitrogens with zero attached hydrogens (tertiary/aromatic N) is 1. The number of hydrogen-bond acceptors (Lipinski definition) is 4. The molecule has 20 heavy (non-hydrogen) atoms. The fourth-order valence-electron chi connectivity index (χ4n) is 2.88. The molecule has 0 saturated carbocycles. The Kier molecular flexibility index (Phi) is 3.10. The third kappa shape index (κ3) is 1.92. The Morgan fingerprint density at radius 2 is 2.20 bits per heavy atom. The van der Waals surface area contributed by atoms with Crippen LogP contribution in [0.5, 0.6) is 5.75 Å². The number of carbonyl (C=O) groups excluding carboxylic acids is 2. The first kappa shape index (κ1) is 12.9. The Morgan fingerprint density at radius 1 is 1.40 bits per heavy atom. The Balaban J connectivity index is 1.88. The largest absolute Gasteiger partial charge is 0.496 e. The van der Waals surface area contributed by atoms with Gasteiger partial charge in [-0.2, -0.15) is 0 Å². The van der Waals surface area contributed by atoms with Crippen LogP contribution in [-0.2, 0) is 11.3 Å². The van der Waals surface area contributed by atoms with Gasteiger partial charge in [0.15, 0.2) is 0 Å². The lowest BCUT2D eigenvalue weighted by atomic mass is 10.0. The summed E-state index contributed by atoms with van der Waals surface area (Å²) in [7, 11) is 1.57. The molecule has 106 valence electrons. The highest BCUT2D eigenvalue weighted by Gasteiger charge is 2.39. The number of aliphatic hydroxyl groups excluding tert-OH is 1. The van der Waals surface area contributed by atoms with E-state index in [1.165, 1.54) is 0 Å². The van der Waals surface area contributed by atoms with E-state index in [1.807, 2.05) is 6.07 Å². The van der Waals surface area contributed by atoms with Crippen LogP contribution in [0.4, 0.5) is 0 Å². The number of piperidine rings is 1. The smallest absolute Gasteiger partial charge is 0.255 e. The molecule has 2 aliphatic heterocycles. The molecule has 0 bridgehead atoms. The first-order valence-corrected chi connectivity index (χ1v) is 6.56. The zero-order valence-corrected chi connectivity index (χ0v) is 11.1. The molecule has 1 aromatic carbocycles. The third-order valence-electron chi connectivity index (χ3n) is 3.91. The lowest BCUT2D eigenvalue weighted by molar-refractivity contribution is -0.129. The van der Waals surface area contributed by atoms with E-state index < -0.39 is 12.3 Å². The quantitative estimate of drug-likeness (QED) is 0.811. The number of carbonyl (C=O) groups is 2. The van der Waals surface area contributed by atoms with Gasteiger partial charge in [-0.25, -0.2) is 0 Å². The van der Waals surface area contributed by atoms with Gasteiger partial charge >= 0.3 is 0 Å². The van der Waals surface area contributed by atoms with Crippen molar-refractivity contribution in [2.75, 3.05) is 7.11 Å². The fourth-order valence-corrected chi connectivity index (χ4v) is 2.88. The van der Waals surface area contributed by atoms with Crippen molar-refractivity contribution in [3.63, 3.8) is 0 Å². The number of aliphatic hydroxyl groups is 1. The lowest BCUT2D eigenvalue weighted by Crippen LogP contribution is -2.55. The molecule has 2 atom stereocenters. The number of nitrogens with one attached hydrogen (secondary N) is 1. The maximum atomic E-state index is 12.4. The van der Waals surface area contributed by atoms with Crippen LogP contribution in [0, 0.1) is 0 Å². The standard InChI is InChI=1S/C14H16N2O4/c1-20-11-4-2-3-8-9(11)7-16(14(8)19)10-5-6-12(17)15-13(10)18/h2-4,10,13,18H,5-7H2,1H3,(H,15,17). The summed E-state index contributed by atoms with van der Waals surface area (Å²) >= 11 is 0. The first-order valence-electron chi connectivity index (χ1n) is 6.56.